The quantitative estimate of drug-likeness (QED) is 0.188. The van der Waals surface area contributed by atoms with E-state index >= 15 is 0 Å². The highest BCUT2D eigenvalue weighted by molar-refractivity contribution is 5.86. The first kappa shape index (κ1) is 31.1. The fourth-order valence-corrected chi connectivity index (χ4v) is 4.41. The van der Waals surface area contributed by atoms with Crippen LogP contribution in [0.5, 0.6) is 0 Å². The lowest BCUT2D eigenvalue weighted by molar-refractivity contribution is -0.162. The lowest BCUT2D eigenvalue weighted by atomic mass is 9.77. The molecule has 0 aliphatic heterocycles. The van der Waals surface area contributed by atoms with E-state index in [-0.39, 0.29) is 18.7 Å². The van der Waals surface area contributed by atoms with Crippen LogP contribution in [0.15, 0.2) is 103 Å². The monoisotopic (exact) mass is 557 g/mol. The standard InChI is InChI=1S/C33H39N3O5/c1-32(2,3)41-31(39)34-28(22-24-30(38)36(4)40-5)21-23-29(37)35-33(25-15-9-6-10-16-25,26-17-11-7-12-18-26)27-19-13-8-14-20-27/h6-20,22,24,28H,21,23H2,1-5H3,(H,34,39)(H,35,37)/b24-22+/t28-/m0/s1. The van der Waals surface area contributed by atoms with Crippen molar-refractivity contribution in [2.45, 2.75) is 50.8 Å². The number of likely N-dealkylation sites (N-methyl/N-ethyl adjacent to an activating group) is 1. The van der Waals surface area contributed by atoms with E-state index in [1.165, 1.54) is 26.3 Å². The summed E-state index contributed by atoms with van der Waals surface area (Å²) < 4.78 is 5.40. The van der Waals surface area contributed by atoms with Gasteiger partial charge >= 0.3 is 6.09 Å². The topological polar surface area (TPSA) is 97.0 Å². The van der Waals surface area contributed by atoms with Gasteiger partial charge in [-0.3, -0.25) is 14.4 Å². The Morgan fingerprint density at radius 1 is 0.829 bits per heavy atom. The predicted octanol–water partition coefficient (Wildman–Crippen LogP) is 5.34. The van der Waals surface area contributed by atoms with Crippen molar-refractivity contribution in [3.8, 4) is 0 Å². The SMILES string of the molecule is CON(C)C(=O)/C=C/[C@H](CCC(=O)NC(c1ccccc1)(c1ccccc1)c1ccccc1)NC(=O)OC(C)(C)C. The molecule has 0 fully saturated rings. The summed E-state index contributed by atoms with van der Waals surface area (Å²) in [6.07, 6.45) is 2.47. The molecule has 0 heterocycles. The first-order valence-corrected chi connectivity index (χ1v) is 13.5. The maximum atomic E-state index is 13.7. The minimum absolute atomic E-state index is 0.0629. The highest BCUT2D eigenvalue weighted by Crippen LogP contribution is 2.36. The van der Waals surface area contributed by atoms with Crippen LogP contribution in [0.2, 0.25) is 0 Å². The number of nitrogens with one attached hydrogen (secondary N) is 2. The molecule has 0 unspecified atom stereocenters. The molecular weight excluding hydrogens is 518 g/mol. The largest absolute Gasteiger partial charge is 0.444 e. The van der Waals surface area contributed by atoms with Crippen molar-refractivity contribution >= 4 is 17.9 Å². The smallest absolute Gasteiger partial charge is 0.408 e. The number of hydrogen-bond acceptors (Lipinski definition) is 5. The van der Waals surface area contributed by atoms with Gasteiger partial charge in [0.05, 0.1) is 13.2 Å². The van der Waals surface area contributed by atoms with E-state index in [1.54, 1.807) is 20.8 Å². The van der Waals surface area contributed by atoms with Crippen LogP contribution < -0.4 is 10.6 Å². The molecule has 0 radical (unpaired) electrons. The van der Waals surface area contributed by atoms with E-state index < -0.39 is 29.2 Å². The van der Waals surface area contributed by atoms with Gasteiger partial charge in [0.2, 0.25) is 5.91 Å². The van der Waals surface area contributed by atoms with Crippen LogP contribution in [0.25, 0.3) is 0 Å². The van der Waals surface area contributed by atoms with E-state index in [0.29, 0.717) is 0 Å². The van der Waals surface area contributed by atoms with Crippen LogP contribution in [0.3, 0.4) is 0 Å². The fraction of sp³-hybridized carbons (Fsp3) is 0.303. The minimum atomic E-state index is -0.956. The molecule has 8 nitrogen and oxygen atoms in total. The molecule has 3 rings (SSSR count). The molecule has 0 aliphatic carbocycles. The molecular formula is C33H39N3O5. The zero-order chi connectivity index (χ0) is 29.9. The third-order valence-electron chi connectivity index (χ3n) is 6.39. The molecule has 0 aromatic heterocycles. The van der Waals surface area contributed by atoms with Gasteiger partial charge < -0.3 is 15.4 Å². The molecule has 2 N–H and O–H groups in total. The van der Waals surface area contributed by atoms with Crippen molar-refractivity contribution < 1.29 is 24.0 Å². The van der Waals surface area contributed by atoms with E-state index in [1.807, 2.05) is 91.0 Å². The van der Waals surface area contributed by atoms with Crippen LogP contribution in [0, 0.1) is 0 Å². The number of hydroxylamine groups is 2. The number of alkyl carbamates (subject to hydrolysis) is 1. The zero-order valence-corrected chi connectivity index (χ0v) is 24.3. The Kier molecular flexibility index (Phi) is 10.8. The summed E-state index contributed by atoms with van der Waals surface area (Å²) in [6, 6.07) is 28.8. The Morgan fingerprint density at radius 2 is 1.29 bits per heavy atom. The molecule has 0 aliphatic rings. The Bertz CT molecular complexity index is 1210. The van der Waals surface area contributed by atoms with Crippen molar-refractivity contribution in [1.29, 1.82) is 0 Å². The van der Waals surface area contributed by atoms with E-state index in [9.17, 15) is 14.4 Å². The molecule has 216 valence electrons. The molecule has 0 spiro atoms. The van der Waals surface area contributed by atoms with Crippen molar-refractivity contribution in [3.63, 3.8) is 0 Å². The summed E-state index contributed by atoms with van der Waals surface area (Å²) in [6.45, 7) is 5.29. The van der Waals surface area contributed by atoms with Gasteiger partial charge in [0, 0.05) is 19.5 Å². The predicted molar refractivity (Wildman–Crippen MR) is 159 cm³/mol. The molecule has 8 heteroatoms. The zero-order valence-electron chi connectivity index (χ0n) is 24.3. The summed E-state index contributed by atoms with van der Waals surface area (Å²) in [5, 5.41) is 7.13. The third kappa shape index (κ3) is 8.78. The van der Waals surface area contributed by atoms with Crippen LogP contribution in [-0.4, -0.2) is 48.8 Å². The Morgan fingerprint density at radius 3 is 1.71 bits per heavy atom. The maximum Gasteiger partial charge on any atom is 0.408 e. The molecule has 0 bridgehead atoms. The summed E-state index contributed by atoms with van der Waals surface area (Å²) in [4.78, 5) is 43.5. The second-order valence-corrected chi connectivity index (χ2v) is 10.6. The van der Waals surface area contributed by atoms with Gasteiger partial charge in [0.25, 0.3) is 5.91 Å². The average Bonchev–Trinajstić information content (AvgIpc) is 2.97. The van der Waals surface area contributed by atoms with Crippen LogP contribution in [-0.2, 0) is 24.7 Å². The van der Waals surface area contributed by atoms with Crippen LogP contribution >= 0.6 is 0 Å². The molecule has 1 atom stereocenters. The number of rotatable bonds is 11. The van der Waals surface area contributed by atoms with Crippen molar-refractivity contribution in [2.75, 3.05) is 14.2 Å². The van der Waals surface area contributed by atoms with Gasteiger partial charge in [-0.05, 0) is 43.9 Å². The number of benzene rings is 3. The second kappa shape index (κ2) is 14.3. The Hall–Kier alpha value is -4.43. The first-order chi connectivity index (χ1) is 19.5. The van der Waals surface area contributed by atoms with E-state index in [0.717, 1.165) is 21.8 Å². The average molecular weight is 558 g/mol. The van der Waals surface area contributed by atoms with Gasteiger partial charge in [-0.2, -0.15) is 0 Å². The minimum Gasteiger partial charge on any atom is -0.444 e. The third-order valence-corrected chi connectivity index (χ3v) is 6.39. The maximum absolute atomic E-state index is 13.7. The van der Waals surface area contributed by atoms with Crippen LogP contribution in [0.1, 0.15) is 50.3 Å². The molecule has 3 aromatic rings. The van der Waals surface area contributed by atoms with Gasteiger partial charge in [-0.25, -0.2) is 9.86 Å². The summed E-state index contributed by atoms with van der Waals surface area (Å²) in [7, 11) is 2.86. The van der Waals surface area contributed by atoms with E-state index in [4.69, 9.17) is 9.57 Å². The second-order valence-electron chi connectivity index (χ2n) is 10.6. The number of carbonyl (C=O) groups is 3. The summed E-state index contributed by atoms with van der Waals surface area (Å²) in [5.41, 5.74) is 1.05. The molecule has 3 amide bonds. The fourth-order valence-electron chi connectivity index (χ4n) is 4.41. The van der Waals surface area contributed by atoms with Gasteiger partial charge in [-0.15, -0.1) is 0 Å². The van der Waals surface area contributed by atoms with Gasteiger partial charge in [0.1, 0.15) is 11.1 Å². The molecule has 3 aromatic carbocycles. The number of carbonyl (C=O) groups excluding carboxylic acids is 3. The molecule has 0 saturated heterocycles. The first-order valence-electron chi connectivity index (χ1n) is 13.5. The number of hydrogen-bond donors (Lipinski definition) is 2. The van der Waals surface area contributed by atoms with E-state index in [2.05, 4.69) is 10.6 Å². The highest BCUT2D eigenvalue weighted by atomic mass is 16.7. The molecule has 41 heavy (non-hydrogen) atoms. The van der Waals surface area contributed by atoms with Crippen molar-refractivity contribution in [3.05, 3.63) is 120 Å². The van der Waals surface area contributed by atoms with Gasteiger partial charge in [0.15, 0.2) is 0 Å². The lowest BCUT2D eigenvalue weighted by Crippen LogP contribution is -2.48. The van der Waals surface area contributed by atoms with Crippen LogP contribution in [0.4, 0.5) is 4.79 Å². The number of ether oxygens (including phenoxy) is 1. The normalized spacial score (nSPS) is 12.4. The lowest BCUT2D eigenvalue weighted by Gasteiger charge is -2.37. The van der Waals surface area contributed by atoms with Gasteiger partial charge in [-0.1, -0.05) is 97.1 Å². The number of amides is 3. The number of nitrogens with zero attached hydrogens (tertiary/aromatic N) is 1. The van der Waals surface area contributed by atoms with Crippen molar-refractivity contribution in [2.24, 2.45) is 0 Å². The highest BCUT2D eigenvalue weighted by Gasteiger charge is 2.37. The Balaban J connectivity index is 1.91. The van der Waals surface area contributed by atoms with Crippen molar-refractivity contribution in [1.82, 2.24) is 15.7 Å². The summed E-state index contributed by atoms with van der Waals surface area (Å²) in [5.74, 6) is -0.643. The molecule has 0 saturated carbocycles. The Labute approximate surface area is 242 Å². The summed E-state index contributed by atoms with van der Waals surface area (Å²) >= 11 is 0.